The zero-order chi connectivity index (χ0) is 13.6. The minimum atomic E-state index is -0.00777. The summed E-state index contributed by atoms with van der Waals surface area (Å²) in [5.41, 5.74) is 7.33. The van der Waals surface area contributed by atoms with E-state index < -0.39 is 0 Å². The van der Waals surface area contributed by atoms with Crippen molar-refractivity contribution in [3.05, 3.63) is 35.9 Å². The van der Waals surface area contributed by atoms with E-state index in [1.54, 1.807) is 0 Å². The maximum atomic E-state index is 6.12. The highest BCUT2D eigenvalue weighted by molar-refractivity contribution is 5.14. The fourth-order valence-electron chi connectivity index (χ4n) is 3.09. The van der Waals surface area contributed by atoms with Crippen LogP contribution in [0.3, 0.4) is 0 Å². The summed E-state index contributed by atoms with van der Waals surface area (Å²) >= 11 is 0. The maximum absolute atomic E-state index is 6.12. The lowest BCUT2D eigenvalue weighted by atomic mass is 10.0. The zero-order valence-electron chi connectivity index (χ0n) is 12.1. The van der Waals surface area contributed by atoms with E-state index in [-0.39, 0.29) is 5.60 Å². The van der Waals surface area contributed by atoms with E-state index >= 15 is 0 Å². The minimum absolute atomic E-state index is 0.00777. The Bertz CT molecular complexity index is 365. The van der Waals surface area contributed by atoms with Crippen LogP contribution in [0.1, 0.15) is 44.6 Å². The predicted octanol–water partition coefficient (Wildman–Crippen LogP) is 3.54. The van der Waals surface area contributed by atoms with Crippen LogP contribution in [0.15, 0.2) is 30.3 Å². The topological polar surface area (TPSA) is 35.2 Å². The molecule has 106 valence electrons. The normalized spacial score (nSPS) is 26.7. The van der Waals surface area contributed by atoms with Crippen LogP contribution in [0.5, 0.6) is 0 Å². The predicted molar refractivity (Wildman–Crippen MR) is 80.1 cm³/mol. The van der Waals surface area contributed by atoms with Gasteiger partial charge in [-0.1, -0.05) is 37.3 Å². The molecule has 0 saturated heterocycles. The van der Waals surface area contributed by atoms with E-state index in [4.69, 9.17) is 10.5 Å². The molecule has 19 heavy (non-hydrogen) atoms. The number of unbranched alkanes of at least 4 members (excludes halogenated alkanes) is 1. The van der Waals surface area contributed by atoms with Crippen LogP contribution in [-0.2, 0) is 11.2 Å². The van der Waals surface area contributed by atoms with Crippen LogP contribution in [0, 0.1) is 5.92 Å². The van der Waals surface area contributed by atoms with Crippen LogP contribution in [-0.4, -0.2) is 18.8 Å². The van der Waals surface area contributed by atoms with Gasteiger partial charge in [0.25, 0.3) is 0 Å². The van der Waals surface area contributed by atoms with Gasteiger partial charge in [0.2, 0.25) is 0 Å². The summed E-state index contributed by atoms with van der Waals surface area (Å²) < 4.78 is 6.12. The van der Waals surface area contributed by atoms with Crippen molar-refractivity contribution in [2.24, 2.45) is 11.7 Å². The van der Waals surface area contributed by atoms with Gasteiger partial charge in [-0.15, -0.1) is 0 Å². The molecule has 1 fully saturated rings. The van der Waals surface area contributed by atoms with E-state index in [1.165, 1.54) is 18.4 Å². The van der Waals surface area contributed by atoms with Crippen molar-refractivity contribution in [3.8, 4) is 0 Å². The van der Waals surface area contributed by atoms with Crippen LogP contribution in [0.4, 0.5) is 0 Å². The molecule has 0 aliphatic heterocycles. The summed E-state index contributed by atoms with van der Waals surface area (Å²) in [6, 6.07) is 10.7. The Hall–Kier alpha value is -0.860. The molecule has 2 nitrogen and oxygen atoms in total. The van der Waals surface area contributed by atoms with Gasteiger partial charge in [-0.05, 0) is 50.0 Å². The number of nitrogens with two attached hydrogens (primary N) is 1. The number of aryl methyl sites for hydroxylation is 1. The SMILES string of the molecule is CC1CCC(CN)(OCCCCc2ccccc2)C1. The van der Waals surface area contributed by atoms with Crippen LogP contribution < -0.4 is 5.73 Å². The van der Waals surface area contributed by atoms with Crippen molar-refractivity contribution in [3.63, 3.8) is 0 Å². The molecule has 2 rings (SSSR count). The lowest BCUT2D eigenvalue weighted by Gasteiger charge is -2.28. The van der Waals surface area contributed by atoms with Crippen molar-refractivity contribution >= 4 is 0 Å². The molecule has 2 N–H and O–H groups in total. The molecule has 0 heterocycles. The molecule has 0 bridgehead atoms. The Morgan fingerprint density at radius 3 is 2.68 bits per heavy atom. The molecule has 1 aromatic carbocycles. The monoisotopic (exact) mass is 261 g/mol. The first-order chi connectivity index (χ1) is 9.24. The molecule has 0 radical (unpaired) electrons. The molecular formula is C17H27NO. The molecule has 1 saturated carbocycles. The average molecular weight is 261 g/mol. The van der Waals surface area contributed by atoms with Crippen molar-refractivity contribution in [1.82, 2.24) is 0 Å². The molecule has 2 unspecified atom stereocenters. The Labute approximate surface area is 117 Å². The lowest BCUT2D eigenvalue weighted by molar-refractivity contribution is -0.0372. The Kier molecular flexibility index (Phi) is 5.41. The van der Waals surface area contributed by atoms with Gasteiger partial charge < -0.3 is 10.5 Å². The number of hydrogen-bond donors (Lipinski definition) is 1. The van der Waals surface area contributed by atoms with Crippen molar-refractivity contribution in [1.29, 1.82) is 0 Å². The summed E-state index contributed by atoms with van der Waals surface area (Å²) in [5.74, 6) is 0.771. The first kappa shape index (κ1) is 14.5. The number of benzene rings is 1. The second kappa shape index (κ2) is 7.06. The summed E-state index contributed by atoms with van der Waals surface area (Å²) in [4.78, 5) is 0. The maximum Gasteiger partial charge on any atom is 0.0806 e. The van der Waals surface area contributed by atoms with Gasteiger partial charge in [-0.3, -0.25) is 0 Å². The largest absolute Gasteiger partial charge is 0.374 e. The van der Waals surface area contributed by atoms with Gasteiger partial charge in [0.1, 0.15) is 0 Å². The third-order valence-electron chi connectivity index (χ3n) is 4.30. The second-order valence-electron chi connectivity index (χ2n) is 6.03. The second-order valence-corrected chi connectivity index (χ2v) is 6.03. The van der Waals surface area contributed by atoms with E-state index in [2.05, 4.69) is 37.3 Å². The van der Waals surface area contributed by atoms with Gasteiger partial charge >= 0.3 is 0 Å². The van der Waals surface area contributed by atoms with Crippen LogP contribution in [0.2, 0.25) is 0 Å². The molecule has 0 aromatic heterocycles. The molecule has 1 aromatic rings. The highest BCUT2D eigenvalue weighted by Gasteiger charge is 2.36. The quantitative estimate of drug-likeness (QED) is 0.762. The average Bonchev–Trinajstić information content (AvgIpc) is 2.82. The lowest BCUT2D eigenvalue weighted by Crippen LogP contribution is -2.38. The van der Waals surface area contributed by atoms with E-state index in [0.717, 1.165) is 38.2 Å². The fourth-order valence-corrected chi connectivity index (χ4v) is 3.09. The summed E-state index contributed by atoms with van der Waals surface area (Å²) in [7, 11) is 0. The summed E-state index contributed by atoms with van der Waals surface area (Å²) in [6.07, 6.45) is 7.02. The first-order valence-corrected chi connectivity index (χ1v) is 7.62. The van der Waals surface area contributed by atoms with Gasteiger partial charge in [-0.2, -0.15) is 0 Å². The molecule has 0 amide bonds. The molecule has 1 aliphatic rings. The first-order valence-electron chi connectivity index (χ1n) is 7.62. The molecule has 1 aliphatic carbocycles. The zero-order valence-corrected chi connectivity index (χ0v) is 12.1. The smallest absolute Gasteiger partial charge is 0.0806 e. The highest BCUT2D eigenvalue weighted by atomic mass is 16.5. The van der Waals surface area contributed by atoms with Gasteiger partial charge in [-0.25, -0.2) is 0 Å². The van der Waals surface area contributed by atoms with Gasteiger partial charge in [0, 0.05) is 13.2 Å². The van der Waals surface area contributed by atoms with Gasteiger partial charge in [0.05, 0.1) is 5.60 Å². The number of ether oxygens (including phenoxy) is 1. The van der Waals surface area contributed by atoms with E-state index in [1.807, 2.05) is 0 Å². The van der Waals surface area contributed by atoms with Crippen molar-refractivity contribution in [2.75, 3.05) is 13.2 Å². The Morgan fingerprint density at radius 1 is 1.26 bits per heavy atom. The minimum Gasteiger partial charge on any atom is -0.374 e. The summed E-state index contributed by atoms with van der Waals surface area (Å²) in [6.45, 7) is 3.84. The molecular weight excluding hydrogens is 234 g/mol. The third-order valence-corrected chi connectivity index (χ3v) is 4.30. The Balaban J connectivity index is 1.64. The van der Waals surface area contributed by atoms with E-state index in [0.29, 0.717) is 6.54 Å². The molecule has 2 atom stereocenters. The number of hydrogen-bond acceptors (Lipinski definition) is 2. The Morgan fingerprint density at radius 2 is 2.05 bits per heavy atom. The highest BCUT2D eigenvalue weighted by Crippen LogP contribution is 2.36. The summed E-state index contributed by atoms with van der Waals surface area (Å²) in [5, 5.41) is 0. The van der Waals surface area contributed by atoms with Crippen LogP contribution >= 0.6 is 0 Å². The van der Waals surface area contributed by atoms with Crippen LogP contribution in [0.25, 0.3) is 0 Å². The molecule has 0 spiro atoms. The fraction of sp³-hybridized carbons (Fsp3) is 0.647. The third kappa shape index (κ3) is 4.32. The van der Waals surface area contributed by atoms with Gasteiger partial charge in [0.15, 0.2) is 0 Å². The van der Waals surface area contributed by atoms with Crippen molar-refractivity contribution < 1.29 is 4.74 Å². The number of rotatable bonds is 7. The molecule has 2 heteroatoms. The van der Waals surface area contributed by atoms with E-state index in [9.17, 15) is 0 Å². The standard InChI is InChI=1S/C17H27NO/c1-15-10-11-17(13-15,14-18)19-12-6-5-9-16-7-3-2-4-8-16/h2-4,7-8,15H,5-6,9-14,18H2,1H3. The van der Waals surface area contributed by atoms with Crippen molar-refractivity contribution in [2.45, 2.75) is 51.0 Å².